The van der Waals surface area contributed by atoms with Gasteiger partial charge in [0.2, 0.25) is 0 Å². The summed E-state index contributed by atoms with van der Waals surface area (Å²) in [4.78, 5) is 47.6. The minimum absolute atomic E-state index is 0.0198. The zero-order valence-electron chi connectivity index (χ0n) is 19.3. The van der Waals surface area contributed by atoms with E-state index in [9.17, 15) is 23.2 Å². The second kappa shape index (κ2) is 8.62. The molecule has 0 saturated heterocycles. The van der Waals surface area contributed by atoms with Gasteiger partial charge in [-0.05, 0) is 63.0 Å². The first kappa shape index (κ1) is 22.5. The number of nitrogens with zero attached hydrogens (tertiary/aromatic N) is 4. The molecule has 3 fully saturated rings. The van der Waals surface area contributed by atoms with Crippen molar-refractivity contribution in [1.29, 1.82) is 0 Å². The highest BCUT2D eigenvalue weighted by molar-refractivity contribution is 5.72. The Kier molecular flexibility index (Phi) is 5.39. The summed E-state index contributed by atoms with van der Waals surface area (Å²) in [6.07, 6.45) is 5.17. The third-order valence-electron chi connectivity index (χ3n) is 6.88. The molecule has 3 aliphatic carbocycles. The predicted molar refractivity (Wildman–Crippen MR) is 125 cm³/mol. The molecule has 0 spiro atoms. The summed E-state index contributed by atoms with van der Waals surface area (Å²) >= 11 is 0. The molecule has 3 saturated carbocycles. The van der Waals surface area contributed by atoms with Crippen LogP contribution in [0.25, 0.3) is 11.2 Å². The van der Waals surface area contributed by atoms with Gasteiger partial charge in [0.05, 0.1) is 6.54 Å². The standard InChI is InChI=1S/C25H23F2N5O4/c26-18-11-10-17(13-19(18)27)36-25(35)30(14-3-1-4-14)12-2-5-20-28-21-22(29-20)31(15-6-7-15)24(34)32(23(21)33)16-8-9-16/h10-11,13-16H,1,3-4,6-9,12H2,(H,28,29). The van der Waals surface area contributed by atoms with E-state index < -0.39 is 17.7 Å². The second-order valence-electron chi connectivity index (χ2n) is 9.53. The summed E-state index contributed by atoms with van der Waals surface area (Å²) in [5.74, 6) is 3.75. The van der Waals surface area contributed by atoms with Crippen LogP contribution in [0.3, 0.4) is 0 Å². The molecule has 0 atom stereocenters. The highest BCUT2D eigenvalue weighted by Gasteiger charge is 2.34. The zero-order valence-corrected chi connectivity index (χ0v) is 19.3. The van der Waals surface area contributed by atoms with E-state index in [1.807, 2.05) is 0 Å². The van der Waals surface area contributed by atoms with Gasteiger partial charge in [-0.25, -0.2) is 23.4 Å². The van der Waals surface area contributed by atoms with Crippen molar-refractivity contribution in [2.24, 2.45) is 0 Å². The van der Waals surface area contributed by atoms with Gasteiger partial charge in [0, 0.05) is 24.2 Å². The molecule has 0 radical (unpaired) electrons. The largest absolute Gasteiger partial charge is 0.416 e. The molecule has 0 aliphatic heterocycles. The first-order valence-corrected chi connectivity index (χ1v) is 12.1. The van der Waals surface area contributed by atoms with Gasteiger partial charge in [0.1, 0.15) is 5.75 Å². The number of carbonyl (C=O) groups is 1. The molecule has 1 amide bonds. The number of H-pyrrole nitrogens is 1. The van der Waals surface area contributed by atoms with Gasteiger partial charge in [-0.15, -0.1) is 0 Å². The summed E-state index contributed by atoms with van der Waals surface area (Å²) in [5, 5.41) is 0. The maximum Gasteiger partial charge on any atom is 0.416 e. The molecule has 11 heteroatoms. The average Bonchev–Trinajstić information content (AvgIpc) is 3.74. The van der Waals surface area contributed by atoms with Crippen molar-refractivity contribution in [2.45, 2.75) is 63.1 Å². The molecule has 9 nitrogen and oxygen atoms in total. The van der Waals surface area contributed by atoms with Gasteiger partial charge in [0.25, 0.3) is 5.56 Å². The number of hydrogen-bond donors (Lipinski definition) is 1. The fourth-order valence-corrected chi connectivity index (χ4v) is 4.43. The SMILES string of the molecule is O=C(Oc1ccc(F)c(F)c1)N(CC#Cc1nc2c([nH]1)c(=O)n(C1CC1)c(=O)n2C1CC1)C1CCC1. The highest BCUT2D eigenvalue weighted by Crippen LogP contribution is 2.36. The van der Waals surface area contributed by atoms with Gasteiger partial charge in [0.15, 0.2) is 28.6 Å². The number of aromatic nitrogens is 4. The van der Waals surface area contributed by atoms with E-state index in [0.717, 1.165) is 57.1 Å². The van der Waals surface area contributed by atoms with Gasteiger partial charge < -0.3 is 9.72 Å². The molecule has 0 bridgehead atoms. The van der Waals surface area contributed by atoms with Crippen molar-refractivity contribution in [3.8, 4) is 17.6 Å². The Morgan fingerprint density at radius 2 is 1.81 bits per heavy atom. The lowest BCUT2D eigenvalue weighted by Gasteiger charge is -2.35. The molecule has 6 rings (SSSR count). The molecule has 2 heterocycles. The third kappa shape index (κ3) is 4.06. The summed E-state index contributed by atoms with van der Waals surface area (Å²) < 4.78 is 34.8. The Labute approximate surface area is 203 Å². The van der Waals surface area contributed by atoms with E-state index in [2.05, 4.69) is 21.8 Å². The fraction of sp³-hybridized carbons (Fsp3) is 0.440. The number of imidazole rings is 1. The van der Waals surface area contributed by atoms with Crippen LogP contribution >= 0.6 is 0 Å². The highest BCUT2D eigenvalue weighted by atomic mass is 19.2. The van der Waals surface area contributed by atoms with Crippen molar-refractivity contribution < 1.29 is 18.3 Å². The number of aromatic amines is 1. The van der Waals surface area contributed by atoms with E-state index >= 15 is 0 Å². The molecular formula is C25H23F2N5O4. The number of halogens is 2. The maximum absolute atomic E-state index is 13.5. The van der Waals surface area contributed by atoms with Gasteiger partial charge >= 0.3 is 11.8 Å². The summed E-state index contributed by atoms with van der Waals surface area (Å²) in [6.45, 7) is 0.0198. The Hall–Kier alpha value is -3.94. The van der Waals surface area contributed by atoms with Gasteiger partial charge in [-0.1, -0.05) is 5.92 Å². The maximum atomic E-state index is 13.5. The molecule has 36 heavy (non-hydrogen) atoms. The average molecular weight is 495 g/mol. The minimum Gasteiger partial charge on any atom is -0.410 e. The van der Waals surface area contributed by atoms with Gasteiger partial charge in [-0.2, -0.15) is 0 Å². The Balaban J connectivity index is 1.26. The molecule has 2 aromatic heterocycles. The monoisotopic (exact) mass is 495 g/mol. The number of benzene rings is 1. The van der Waals surface area contributed by atoms with E-state index in [0.29, 0.717) is 5.65 Å². The van der Waals surface area contributed by atoms with Gasteiger partial charge in [-0.3, -0.25) is 18.8 Å². The molecular weight excluding hydrogens is 472 g/mol. The van der Waals surface area contributed by atoms with E-state index in [1.54, 1.807) is 4.57 Å². The van der Waals surface area contributed by atoms with Crippen molar-refractivity contribution in [3.63, 3.8) is 0 Å². The summed E-state index contributed by atoms with van der Waals surface area (Å²) in [6, 6.07) is 2.80. The molecule has 186 valence electrons. The molecule has 1 N–H and O–H groups in total. The molecule has 1 aromatic carbocycles. The zero-order chi connectivity index (χ0) is 25.0. The van der Waals surface area contributed by atoms with E-state index in [-0.39, 0.29) is 53.0 Å². The number of fused-ring (bicyclic) bond motifs is 1. The number of hydrogen-bond acceptors (Lipinski definition) is 5. The number of nitrogens with one attached hydrogen (secondary N) is 1. The van der Waals surface area contributed by atoms with Crippen LogP contribution in [-0.2, 0) is 0 Å². The number of rotatable bonds is 5. The van der Waals surface area contributed by atoms with Crippen LogP contribution in [0, 0.1) is 23.5 Å². The minimum atomic E-state index is -1.11. The summed E-state index contributed by atoms with van der Waals surface area (Å²) in [7, 11) is 0. The predicted octanol–water partition coefficient (Wildman–Crippen LogP) is 3.24. The van der Waals surface area contributed by atoms with Crippen LogP contribution in [0.1, 0.15) is 62.9 Å². The topological polar surface area (TPSA) is 102 Å². The first-order valence-electron chi connectivity index (χ1n) is 12.1. The molecule has 0 unspecified atom stereocenters. The van der Waals surface area contributed by atoms with Crippen LogP contribution in [-0.4, -0.2) is 42.7 Å². The lowest BCUT2D eigenvalue weighted by molar-refractivity contribution is 0.112. The molecule has 3 aliphatic rings. The van der Waals surface area contributed by atoms with Crippen molar-refractivity contribution in [1.82, 2.24) is 24.0 Å². The smallest absolute Gasteiger partial charge is 0.410 e. The van der Waals surface area contributed by atoms with Crippen LogP contribution in [0.4, 0.5) is 13.6 Å². The molecule has 3 aromatic rings. The first-order chi connectivity index (χ1) is 17.4. The van der Waals surface area contributed by atoms with Crippen molar-refractivity contribution in [3.05, 3.63) is 56.5 Å². The third-order valence-corrected chi connectivity index (χ3v) is 6.88. The second-order valence-corrected chi connectivity index (χ2v) is 9.53. The number of amides is 1. The summed E-state index contributed by atoms with van der Waals surface area (Å²) in [5.41, 5.74) is -0.144. The van der Waals surface area contributed by atoms with Crippen LogP contribution < -0.4 is 16.0 Å². The van der Waals surface area contributed by atoms with Crippen LogP contribution in [0.15, 0.2) is 27.8 Å². The Morgan fingerprint density at radius 1 is 1.08 bits per heavy atom. The Morgan fingerprint density at radius 3 is 2.44 bits per heavy atom. The number of carbonyl (C=O) groups excluding carboxylic acids is 1. The Bertz CT molecular complexity index is 1550. The van der Waals surface area contributed by atoms with Crippen molar-refractivity contribution >= 4 is 17.3 Å². The van der Waals surface area contributed by atoms with Crippen LogP contribution in [0.5, 0.6) is 5.75 Å². The van der Waals surface area contributed by atoms with E-state index in [1.165, 1.54) is 15.5 Å². The number of ether oxygens (including phenoxy) is 1. The fourth-order valence-electron chi connectivity index (χ4n) is 4.43. The normalized spacial score (nSPS) is 17.4. The van der Waals surface area contributed by atoms with E-state index in [4.69, 9.17) is 4.74 Å². The lowest BCUT2D eigenvalue weighted by Crippen LogP contribution is -2.45. The van der Waals surface area contributed by atoms with Crippen LogP contribution in [0.2, 0.25) is 0 Å². The quantitative estimate of drug-likeness (QED) is 0.548. The lowest BCUT2D eigenvalue weighted by atomic mass is 9.92. The van der Waals surface area contributed by atoms with Crippen molar-refractivity contribution in [2.75, 3.05) is 6.54 Å².